The molecule has 0 unspecified atom stereocenters. The maximum Gasteiger partial charge on any atom is 0.402 e. The number of alkyl halides is 6. The van der Waals surface area contributed by atoms with Crippen molar-refractivity contribution in [1.82, 2.24) is 29.7 Å². The lowest BCUT2D eigenvalue weighted by atomic mass is 9.91. The van der Waals surface area contributed by atoms with Crippen molar-refractivity contribution >= 4 is 23.1 Å². The highest BCUT2D eigenvalue weighted by Gasteiger charge is 2.56. The van der Waals surface area contributed by atoms with Gasteiger partial charge in [-0.3, -0.25) is 14.5 Å². The van der Waals surface area contributed by atoms with Gasteiger partial charge < -0.3 is 16.0 Å². The number of carbonyl (C=O) groups excluding carboxylic acids is 2. The molecule has 2 aromatic heterocycles. The summed E-state index contributed by atoms with van der Waals surface area (Å²) in [5.74, 6) is -4.68. The fraction of sp³-hybridized carbons (Fsp3) is 0.462. The topological polar surface area (TPSA) is 109 Å². The molecule has 15 heteroatoms. The van der Waals surface area contributed by atoms with Crippen molar-refractivity contribution < 1.29 is 35.9 Å². The highest BCUT2D eigenvalue weighted by molar-refractivity contribution is 6.01. The van der Waals surface area contributed by atoms with Crippen molar-refractivity contribution in [3.63, 3.8) is 0 Å². The Bertz CT molecular complexity index is 1500. The zero-order valence-corrected chi connectivity index (χ0v) is 22.1. The molecule has 220 valence electrons. The Hall–Kier alpha value is -3.88. The Labute approximate surface area is 230 Å². The van der Waals surface area contributed by atoms with E-state index < -0.39 is 67.7 Å². The number of nitrogen functional groups attached to an aromatic ring is 1. The highest BCUT2D eigenvalue weighted by Crippen LogP contribution is 2.40. The lowest BCUT2D eigenvalue weighted by molar-refractivity contribution is -0.216. The zero-order chi connectivity index (χ0) is 29.9. The van der Waals surface area contributed by atoms with Gasteiger partial charge in [0.2, 0.25) is 5.91 Å². The molecule has 41 heavy (non-hydrogen) atoms. The van der Waals surface area contributed by atoms with E-state index in [1.165, 1.54) is 21.8 Å². The third-order valence-corrected chi connectivity index (χ3v) is 7.51. The molecule has 0 radical (unpaired) electrons. The summed E-state index contributed by atoms with van der Waals surface area (Å²) in [5.41, 5.74) is 5.17. The average molecular weight is 584 g/mol. The molecule has 5 rings (SSSR count). The van der Waals surface area contributed by atoms with Gasteiger partial charge >= 0.3 is 6.18 Å². The molecule has 0 bridgehead atoms. The molecule has 2 aliphatic rings. The maximum atomic E-state index is 14.9. The number of likely N-dealkylation sites (tertiary alicyclic amines) is 2. The first kappa shape index (κ1) is 28.6. The number of halogens is 6. The Balaban J connectivity index is 1.41. The molecule has 2 saturated heterocycles. The molecule has 0 saturated carbocycles. The van der Waals surface area contributed by atoms with Gasteiger partial charge in [0.05, 0.1) is 31.4 Å². The maximum absolute atomic E-state index is 14.9. The van der Waals surface area contributed by atoms with Crippen LogP contribution in [0.25, 0.3) is 16.8 Å². The molecule has 0 spiro atoms. The Morgan fingerprint density at radius 3 is 2.49 bits per heavy atom. The van der Waals surface area contributed by atoms with Crippen molar-refractivity contribution in [1.29, 1.82) is 0 Å². The van der Waals surface area contributed by atoms with Gasteiger partial charge in [-0.2, -0.15) is 18.3 Å². The van der Waals surface area contributed by atoms with Crippen molar-refractivity contribution in [2.75, 3.05) is 31.9 Å². The number of aromatic nitrogens is 3. The molecule has 2 fully saturated rings. The molecule has 2 atom stereocenters. The molecule has 2 amide bonds. The van der Waals surface area contributed by atoms with Crippen molar-refractivity contribution in [2.24, 2.45) is 5.41 Å². The van der Waals surface area contributed by atoms with E-state index in [2.05, 4.69) is 15.4 Å². The first-order valence-corrected chi connectivity index (χ1v) is 12.7. The molecule has 0 aliphatic carbocycles. The number of nitrogens with zero attached hydrogens (tertiary/aromatic N) is 5. The predicted octanol–water partition coefficient (Wildman–Crippen LogP) is 3.30. The fourth-order valence-corrected chi connectivity index (χ4v) is 5.15. The van der Waals surface area contributed by atoms with Crippen LogP contribution in [0.5, 0.6) is 0 Å². The van der Waals surface area contributed by atoms with Crippen LogP contribution < -0.4 is 11.1 Å². The van der Waals surface area contributed by atoms with Gasteiger partial charge in [-0.25, -0.2) is 22.7 Å². The monoisotopic (exact) mass is 583 g/mol. The molecule has 9 nitrogen and oxygen atoms in total. The average Bonchev–Trinajstić information content (AvgIpc) is 3.42. The second-order valence-electron chi connectivity index (χ2n) is 10.9. The van der Waals surface area contributed by atoms with Gasteiger partial charge in [-0.1, -0.05) is 18.2 Å². The minimum atomic E-state index is -4.83. The molecular formula is C26H27F6N7O2. The van der Waals surface area contributed by atoms with Crippen LogP contribution in [-0.4, -0.2) is 86.7 Å². The first-order chi connectivity index (χ1) is 19.1. The van der Waals surface area contributed by atoms with Crippen LogP contribution in [0.1, 0.15) is 29.8 Å². The van der Waals surface area contributed by atoms with Crippen LogP contribution in [0.3, 0.4) is 0 Å². The summed E-state index contributed by atoms with van der Waals surface area (Å²) in [5, 5.41) is 6.75. The van der Waals surface area contributed by atoms with E-state index in [-0.39, 0.29) is 17.9 Å². The SMILES string of the molecule is CC(C)(C(=O)N1C[C@H](F)[C@H](NC(=O)c2ccccc2-c2cc(CN3CC(F)(F)C3)c3c(N)ncnn23)C1)C(F)(F)F. The van der Waals surface area contributed by atoms with Crippen LogP contribution in [0.4, 0.5) is 32.2 Å². The number of benzene rings is 1. The molecule has 1 aromatic carbocycles. The lowest BCUT2D eigenvalue weighted by Crippen LogP contribution is -2.55. The second kappa shape index (κ2) is 9.89. The number of hydrogen-bond acceptors (Lipinski definition) is 6. The first-order valence-electron chi connectivity index (χ1n) is 12.7. The van der Waals surface area contributed by atoms with Crippen molar-refractivity contribution in [3.8, 4) is 11.3 Å². The molecular weight excluding hydrogens is 556 g/mol. The van der Waals surface area contributed by atoms with Crippen LogP contribution >= 0.6 is 0 Å². The smallest absolute Gasteiger partial charge is 0.382 e. The summed E-state index contributed by atoms with van der Waals surface area (Å²) < 4.78 is 83.3. The van der Waals surface area contributed by atoms with Crippen molar-refractivity contribution in [2.45, 2.75) is 44.7 Å². The van der Waals surface area contributed by atoms with Gasteiger partial charge in [-0.05, 0) is 31.5 Å². The van der Waals surface area contributed by atoms with E-state index in [4.69, 9.17) is 5.73 Å². The largest absolute Gasteiger partial charge is 0.402 e. The Morgan fingerprint density at radius 2 is 1.83 bits per heavy atom. The third kappa shape index (κ3) is 5.18. The zero-order valence-electron chi connectivity index (χ0n) is 22.1. The van der Waals surface area contributed by atoms with Crippen LogP contribution in [0, 0.1) is 5.41 Å². The molecule has 3 aromatic rings. The fourth-order valence-electron chi connectivity index (χ4n) is 5.15. The van der Waals surface area contributed by atoms with Crippen LogP contribution in [0.2, 0.25) is 0 Å². The van der Waals surface area contributed by atoms with Gasteiger partial charge in [-0.15, -0.1) is 0 Å². The van der Waals surface area contributed by atoms with E-state index in [0.717, 1.165) is 18.7 Å². The Morgan fingerprint density at radius 1 is 1.15 bits per heavy atom. The number of nitrogens with one attached hydrogen (secondary N) is 1. The molecule has 3 N–H and O–H groups in total. The summed E-state index contributed by atoms with van der Waals surface area (Å²) in [7, 11) is 0. The minimum absolute atomic E-state index is 0.0960. The number of amides is 2. The lowest BCUT2D eigenvalue weighted by Gasteiger charge is -2.38. The highest BCUT2D eigenvalue weighted by atomic mass is 19.4. The number of rotatable bonds is 6. The molecule has 4 heterocycles. The van der Waals surface area contributed by atoms with E-state index in [9.17, 15) is 35.9 Å². The second-order valence-corrected chi connectivity index (χ2v) is 10.9. The standard InChI is InChI=1S/C26H27F6N7O2/c1-24(2,26(30,31)32)23(41)38-9-17(27)18(10-38)36-22(40)16-6-4-3-5-15(16)19-7-14(8-37-11-25(28,29)12-37)20-21(33)34-13-35-39(19)20/h3-7,13,17-18H,8-12H2,1-2H3,(H,36,40)(H2,33,34,35)/t17-,18+/m0/s1. The Kier molecular flexibility index (Phi) is 6.91. The van der Waals surface area contributed by atoms with Gasteiger partial charge in [0, 0.05) is 24.2 Å². The number of hydrogen-bond donors (Lipinski definition) is 2. The number of nitrogens with two attached hydrogens (primary N) is 1. The number of anilines is 1. The summed E-state index contributed by atoms with van der Waals surface area (Å²) in [6.07, 6.45) is -5.42. The number of carbonyl (C=O) groups is 2. The van der Waals surface area contributed by atoms with E-state index in [1.807, 2.05) is 0 Å². The molecule has 2 aliphatic heterocycles. The van der Waals surface area contributed by atoms with Crippen LogP contribution in [-0.2, 0) is 11.3 Å². The number of fused-ring (bicyclic) bond motifs is 1. The summed E-state index contributed by atoms with van der Waals surface area (Å²) in [4.78, 5) is 32.2. The van der Waals surface area contributed by atoms with E-state index in [0.29, 0.717) is 22.3 Å². The predicted molar refractivity (Wildman–Crippen MR) is 136 cm³/mol. The summed E-state index contributed by atoms with van der Waals surface area (Å²) >= 11 is 0. The third-order valence-electron chi connectivity index (χ3n) is 7.51. The summed E-state index contributed by atoms with van der Waals surface area (Å²) in [6, 6.07) is 6.73. The van der Waals surface area contributed by atoms with E-state index in [1.54, 1.807) is 24.3 Å². The van der Waals surface area contributed by atoms with Gasteiger partial charge in [0.15, 0.2) is 5.82 Å². The van der Waals surface area contributed by atoms with Crippen molar-refractivity contribution in [3.05, 3.63) is 47.8 Å². The van der Waals surface area contributed by atoms with Gasteiger partial charge in [0.1, 0.15) is 23.4 Å². The van der Waals surface area contributed by atoms with Crippen LogP contribution in [0.15, 0.2) is 36.7 Å². The summed E-state index contributed by atoms with van der Waals surface area (Å²) in [6.45, 7) is -0.279. The van der Waals surface area contributed by atoms with E-state index >= 15 is 0 Å². The van der Waals surface area contributed by atoms with Gasteiger partial charge in [0.25, 0.3) is 11.8 Å². The quantitative estimate of drug-likeness (QED) is 0.432. The minimum Gasteiger partial charge on any atom is -0.382 e. The normalized spacial score (nSPS) is 21.2.